The molecule has 0 atom stereocenters. The summed E-state index contributed by atoms with van der Waals surface area (Å²) >= 11 is 0. The molecular formula is C15H17F3N4O3. The van der Waals surface area contributed by atoms with Gasteiger partial charge in [0.1, 0.15) is 0 Å². The lowest BCUT2D eigenvalue weighted by Gasteiger charge is -2.38. The van der Waals surface area contributed by atoms with Crippen LogP contribution in [0.5, 0.6) is 0 Å². The number of likely N-dealkylation sites (tertiary alicyclic amines) is 1. The van der Waals surface area contributed by atoms with Crippen LogP contribution in [0, 0.1) is 0 Å². The summed E-state index contributed by atoms with van der Waals surface area (Å²) in [6.45, 7) is 0.634. The van der Waals surface area contributed by atoms with E-state index in [1.165, 1.54) is 17.0 Å². The second-order valence-electron chi connectivity index (χ2n) is 5.63. The molecule has 0 aliphatic carbocycles. The van der Waals surface area contributed by atoms with Crippen molar-refractivity contribution in [1.29, 1.82) is 0 Å². The molecule has 136 valence electrons. The highest BCUT2D eigenvalue weighted by atomic mass is 19.4. The first-order valence-electron chi connectivity index (χ1n) is 7.46. The lowest BCUT2D eigenvalue weighted by atomic mass is 10.1. The van der Waals surface area contributed by atoms with Crippen molar-refractivity contribution in [3.8, 4) is 0 Å². The van der Waals surface area contributed by atoms with E-state index in [-0.39, 0.29) is 30.5 Å². The van der Waals surface area contributed by atoms with Gasteiger partial charge >= 0.3 is 12.2 Å². The average Bonchev–Trinajstić information content (AvgIpc) is 2.47. The number of carbonyl (C=O) groups is 3. The first-order chi connectivity index (χ1) is 11.6. The lowest BCUT2D eigenvalue weighted by molar-refractivity contribution is -0.137. The van der Waals surface area contributed by atoms with Crippen molar-refractivity contribution < 1.29 is 27.6 Å². The Bertz CT molecular complexity index is 672. The fourth-order valence-corrected chi connectivity index (χ4v) is 2.27. The summed E-state index contributed by atoms with van der Waals surface area (Å²) < 4.78 is 37.8. The van der Waals surface area contributed by atoms with Crippen LogP contribution in [0.3, 0.4) is 0 Å². The van der Waals surface area contributed by atoms with E-state index in [2.05, 4.69) is 10.6 Å². The molecule has 0 bridgehead atoms. The zero-order valence-corrected chi connectivity index (χ0v) is 13.1. The summed E-state index contributed by atoms with van der Waals surface area (Å²) in [5.74, 6) is -0.949. The number of nitrogens with one attached hydrogen (secondary N) is 2. The van der Waals surface area contributed by atoms with Crippen molar-refractivity contribution in [2.45, 2.75) is 25.1 Å². The molecule has 2 rings (SSSR count). The molecule has 1 aliphatic rings. The summed E-state index contributed by atoms with van der Waals surface area (Å²) in [7, 11) is 0. The van der Waals surface area contributed by atoms with Gasteiger partial charge in [-0.05, 0) is 18.2 Å². The van der Waals surface area contributed by atoms with Crippen molar-refractivity contribution in [3.63, 3.8) is 0 Å². The summed E-state index contributed by atoms with van der Waals surface area (Å²) in [6, 6.07) is 3.48. The van der Waals surface area contributed by atoms with E-state index in [4.69, 9.17) is 5.73 Å². The third-order valence-corrected chi connectivity index (χ3v) is 3.61. The zero-order chi connectivity index (χ0) is 18.6. The lowest BCUT2D eigenvalue weighted by Crippen LogP contribution is -2.62. The smallest absolute Gasteiger partial charge is 0.351 e. The molecule has 0 saturated carbocycles. The van der Waals surface area contributed by atoms with E-state index in [1.807, 2.05) is 0 Å². The molecule has 25 heavy (non-hydrogen) atoms. The quantitative estimate of drug-likeness (QED) is 0.739. The largest absolute Gasteiger partial charge is 0.416 e. The zero-order valence-electron chi connectivity index (χ0n) is 13.1. The molecular weight excluding hydrogens is 341 g/mol. The minimum absolute atomic E-state index is 0.0105. The Balaban J connectivity index is 1.74. The van der Waals surface area contributed by atoms with Gasteiger partial charge in [0.25, 0.3) is 0 Å². The Morgan fingerprint density at radius 1 is 1.16 bits per heavy atom. The molecule has 4 amide bonds. The fourth-order valence-electron chi connectivity index (χ4n) is 2.27. The van der Waals surface area contributed by atoms with E-state index in [9.17, 15) is 27.6 Å². The average molecular weight is 358 g/mol. The molecule has 1 aromatic rings. The summed E-state index contributed by atoms with van der Waals surface area (Å²) in [6.07, 6.45) is -4.78. The Morgan fingerprint density at radius 3 is 2.40 bits per heavy atom. The predicted molar refractivity (Wildman–Crippen MR) is 82.4 cm³/mol. The minimum Gasteiger partial charge on any atom is -0.351 e. The number of carbonyl (C=O) groups excluding carboxylic acids is 3. The van der Waals surface area contributed by atoms with Gasteiger partial charge < -0.3 is 21.3 Å². The molecule has 1 fully saturated rings. The van der Waals surface area contributed by atoms with Crippen molar-refractivity contribution in [1.82, 2.24) is 10.2 Å². The Kier molecular flexibility index (Phi) is 5.50. The van der Waals surface area contributed by atoms with Crippen molar-refractivity contribution in [3.05, 3.63) is 29.8 Å². The Morgan fingerprint density at radius 2 is 1.80 bits per heavy atom. The molecule has 0 aromatic heterocycles. The van der Waals surface area contributed by atoms with Crippen molar-refractivity contribution >= 4 is 23.5 Å². The second kappa shape index (κ2) is 7.41. The topological polar surface area (TPSA) is 105 Å². The number of hydrogen-bond donors (Lipinski definition) is 3. The highest BCUT2D eigenvalue weighted by molar-refractivity contribution is 5.93. The predicted octanol–water partition coefficient (Wildman–Crippen LogP) is 1.30. The number of amides is 4. The third-order valence-electron chi connectivity index (χ3n) is 3.61. The van der Waals surface area contributed by atoms with Gasteiger partial charge in [0.15, 0.2) is 0 Å². The maximum absolute atomic E-state index is 12.6. The molecule has 0 spiro atoms. The van der Waals surface area contributed by atoms with Crippen LogP contribution in [0.4, 0.5) is 23.7 Å². The monoisotopic (exact) mass is 358 g/mol. The number of nitrogens with two attached hydrogens (primary N) is 1. The van der Waals surface area contributed by atoms with E-state index in [0.717, 1.165) is 12.1 Å². The molecule has 1 heterocycles. The number of nitrogens with zero attached hydrogens (tertiary/aromatic N) is 1. The van der Waals surface area contributed by atoms with Crippen LogP contribution < -0.4 is 16.4 Å². The van der Waals surface area contributed by atoms with Crippen LogP contribution in [0.2, 0.25) is 0 Å². The molecule has 4 N–H and O–H groups in total. The SMILES string of the molecule is NC(=O)N1CC(NC(=O)CCC(=O)Nc2cccc(C(F)(F)F)c2)C1. The van der Waals surface area contributed by atoms with Gasteiger partial charge in [-0.25, -0.2) is 4.79 Å². The maximum Gasteiger partial charge on any atom is 0.416 e. The molecule has 0 radical (unpaired) electrons. The van der Waals surface area contributed by atoms with Gasteiger partial charge in [0.05, 0.1) is 11.6 Å². The number of halogens is 3. The number of hydrogen-bond acceptors (Lipinski definition) is 3. The third kappa shape index (κ3) is 5.37. The van der Waals surface area contributed by atoms with Gasteiger partial charge in [-0.15, -0.1) is 0 Å². The van der Waals surface area contributed by atoms with Gasteiger partial charge in [-0.2, -0.15) is 13.2 Å². The molecule has 1 aliphatic heterocycles. The summed E-state index contributed by atoms with van der Waals surface area (Å²) in [5.41, 5.74) is 4.19. The van der Waals surface area contributed by atoms with Crippen LogP contribution in [-0.4, -0.2) is 41.9 Å². The van der Waals surface area contributed by atoms with Crippen LogP contribution in [0.25, 0.3) is 0 Å². The van der Waals surface area contributed by atoms with Crippen LogP contribution in [0.15, 0.2) is 24.3 Å². The van der Waals surface area contributed by atoms with E-state index >= 15 is 0 Å². The van der Waals surface area contributed by atoms with Gasteiger partial charge in [-0.3, -0.25) is 9.59 Å². The van der Waals surface area contributed by atoms with E-state index < -0.39 is 23.7 Å². The molecule has 1 saturated heterocycles. The Labute approximate surface area is 141 Å². The molecule has 7 nitrogen and oxygen atoms in total. The normalized spacial score (nSPS) is 14.6. The highest BCUT2D eigenvalue weighted by Gasteiger charge is 2.31. The maximum atomic E-state index is 12.6. The van der Waals surface area contributed by atoms with Gasteiger partial charge in [0.2, 0.25) is 11.8 Å². The number of primary amides is 1. The van der Waals surface area contributed by atoms with Gasteiger partial charge in [0, 0.05) is 31.6 Å². The van der Waals surface area contributed by atoms with Crippen molar-refractivity contribution in [2.24, 2.45) is 5.73 Å². The van der Waals surface area contributed by atoms with Crippen LogP contribution in [0.1, 0.15) is 18.4 Å². The summed E-state index contributed by atoms with van der Waals surface area (Å²) in [5, 5.41) is 4.96. The number of alkyl halides is 3. The first-order valence-corrected chi connectivity index (χ1v) is 7.46. The van der Waals surface area contributed by atoms with Crippen LogP contribution >= 0.6 is 0 Å². The van der Waals surface area contributed by atoms with Crippen molar-refractivity contribution in [2.75, 3.05) is 18.4 Å². The molecule has 10 heteroatoms. The number of urea groups is 1. The van der Waals surface area contributed by atoms with Gasteiger partial charge in [-0.1, -0.05) is 6.07 Å². The summed E-state index contributed by atoms with van der Waals surface area (Å²) in [4.78, 5) is 35.6. The van der Waals surface area contributed by atoms with Crippen LogP contribution in [-0.2, 0) is 15.8 Å². The van der Waals surface area contributed by atoms with E-state index in [0.29, 0.717) is 13.1 Å². The standard InChI is InChI=1S/C15H17F3N4O3/c16-15(17,18)9-2-1-3-10(6-9)20-12(23)4-5-13(24)21-11-7-22(8-11)14(19)25/h1-3,6,11H,4-5,7-8H2,(H2,19,25)(H,20,23)(H,21,24). The highest BCUT2D eigenvalue weighted by Crippen LogP contribution is 2.30. The number of anilines is 1. The second-order valence-corrected chi connectivity index (χ2v) is 5.63. The molecule has 0 unspecified atom stereocenters. The first kappa shape index (κ1) is 18.6. The fraction of sp³-hybridized carbons (Fsp3) is 0.400. The Hall–Kier alpha value is -2.78. The number of benzene rings is 1. The number of rotatable bonds is 5. The minimum atomic E-state index is -4.50. The van der Waals surface area contributed by atoms with E-state index in [1.54, 1.807) is 0 Å². The molecule has 1 aromatic carbocycles.